The average molecular weight is 219 g/mol. The van der Waals surface area contributed by atoms with E-state index in [1.165, 1.54) is 0 Å². The second-order valence-corrected chi connectivity index (χ2v) is 4.13. The van der Waals surface area contributed by atoms with Crippen LogP contribution in [0.3, 0.4) is 0 Å². The van der Waals surface area contributed by atoms with Crippen molar-refractivity contribution in [2.24, 2.45) is 0 Å². The molecule has 0 spiro atoms. The molecule has 2 heterocycles. The minimum atomic E-state index is -0.0314. The Balaban J connectivity index is 1.92. The number of hydrogen-bond donors (Lipinski definition) is 2. The molecule has 2 N–H and O–H groups in total. The summed E-state index contributed by atoms with van der Waals surface area (Å²) in [5.41, 5.74) is 0.897. The fourth-order valence-electron chi connectivity index (χ4n) is 1.93. The Morgan fingerprint density at radius 3 is 3.12 bits per heavy atom. The van der Waals surface area contributed by atoms with Crippen LogP contribution in [0.2, 0.25) is 0 Å². The van der Waals surface area contributed by atoms with E-state index in [4.69, 9.17) is 0 Å². The summed E-state index contributed by atoms with van der Waals surface area (Å²) in [5, 5.41) is 6.15. The summed E-state index contributed by atoms with van der Waals surface area (Å²) in [6.07, 6.45) is 3.75. The highest BCUT2D eigenvalue weighted by atomic mass is 16.2. The molecule has 1 aromatic rings. The maximum Gasteiger partial charge on any atom is 0.237 e. The van der Waals surface area contributed by atoms with E-state index in [0.717, 1.165) is 25.1 Å². The molecular formula is C12H17N3O. The van der Waals surface area contributed by atoms with Crippen LogP contribution < -0.4 is 10.6 Å². The van der Waals surface area contributed by atoms with Gasteiger partial charge in [-0.15, -0.1) is 0 Å². The minimum Gasteiger partial charge on any atom is -0.347 e. The monoisotopic (exact) mass is 219 g/mol. The van der Waals surface area contributed by atoms with Crippen molar-refractivity contribution >= 4 is 5.91 Å². The zero-order chi connectivity index (χ0) is 11.4. The lowest BCUT2D eigenvalue weighted by molar-refractivity contribution is -0.123. The predicted octanol–water partition coefficient (Wildman–Crippen LogP) is 1.01. The van der Waals surface area contributed by atoms with Crippen molar-refractivity contribution < 1.29 is 4.79 Å². The lowest BCUT2D eigenvalue weighted by atomic mass is 10.1. The van der Waals surface area contributed by atoms with E-state index in [-0.39, 0.29) is 18.0 Å². The van der Waals surface area contributed by atoms with Gasteiger partial charge in [0.15, 0.2) is 0 Å². The van der Waals surface area contributed by atoms with Crippen LogP contribution >= 0.6 is 0 Å². The normalized spacial score (nSPS) is 21.7. The van der Waals surface area contributed by atoms with Gasteiger partial charge < -0.3 is 10.6 Å². The van der Waals surface area contributed by atoms with Gasteiger partial charge >= 0.3 is 0 Å². The van der Waals surface area contributed by atoms with Gasteiger partial charge in [-0.1, -0.05) is 6.07 Å². The molecule has 0 saturated carbocycles. The minimum absolute atomic E-state index is 0.0221. The van der Waals surface area contributed by atoms with E-state index in [1.807, 2.05) is 25.1 Å². The number of carbonyl (C=O) groups is 1. The van der Waals surface area contributed by atoms with Crippen molar-refractivity contribution in [2.75, 3.05) is 6.54 Å². The third-order valence-electron chi connectivity index (χ3n) is 2.87. The molecule has 1 aromatic heterocycles. The van der Waals surface area contributed by atoms with Gasteiger partial charge in [-0.2, -0.15) is 0 Å². The van der Waals surface area contributed by atoms with Gasteiger partial charge in [0.25, 0.3) is 0 Å². The number of rotatable bonds is 3. The molecule has 4 nitrogen and oxygen atoms in total. The fraction of sp³-hybridized carbons (Fsp3) is 0.500. The summed E-state index contributed by atoms with van der Waals surface area (Å²) in [5.74, 6) is 0.0793. The molecular weight excluding hydrogens is 202 g/mol. The van der Waals surface area contributed by atoms with Crippen molar-refractivity contribution in [2.45, 2.75) is 31.8 Å². The molecule has 86 valence electrons. The van der Waals surface area contributed by atoms with Crippen LogP contribution in [0.5, 0.6) is 0 Å². The van der Waals surface area contributed by atoms with E-state index < -0.39 is 0 Å². The molecule has 1 aliphatic heterocycles. The summed E-state index contributed by atoms with van der Waals surface area (Å²) < 4.78 is 0. The molecule has 4 heteroatoms. The van der Waals surface area contributed by atoms with E-state index in [1.54, 1.807) is 6.20 Å². The molecule has 0 aromatic carbocycles. The molecule has 1 amide bonds. The fourth-order valence-corrected chi connectivity index (χ4v) is 1.93. The van der Waals surface area contributed by atoms with Crippen LogP contribution in [0.4, 0.5) is 0 Å². The second kappa shape index (κ2) is 5.07. The lowest BCUT2D eigenvalue weighted by Gasteiger charge is -2.16. The maximum atomic E-state index is 11.8. The summed E-state index contributed by atoms with van der Waals surface area (Å²) >= 11 is 0. The van der Waals surface area contributed by atoms with Crippen molar-refractivity contribution in [3.63, 3.8) is 0 Å². The number of amides is 1. The van der Waals surface area contributed by atoms with Crippen LogP contribution in [0.25, 0.3) is 0 Å². The van der Waals surface area contributed by atoms with Crippen LogP contribution in [0, 0.1) is 0 Å². The van der Waals surface area contributed by atoms with Crippen LogP contribution in [-0.2, 0) is 4.79 Å². The smallest absolute Gasteiger partial charge is 0.237 e. The zero-order valence-corrected chi connectivity index (χ0v) is 9.44. The van der Waals surface area contributed by atoms with E-state index in [0.29, 0.717) is 0 Å². The van der Waals surface area contributed by atoms with Crippen molar-refractivity contribution in [3.8, 4) is 0 Å². The van der Waals surface area contributed by atoms with Crippen molar-refractivity contribution in [1.82, 2.24) is 15.6 Å². The highest BCUT2D eigenvalue weighted by molar-refractivity contribution is 5.82. The van der Waals surface area contributed by atoms with Crippen molar-refractivity contribution in [3.05, 3.63) is 30.1 Å². The molecule has 0 radical (unpaired) electrons. The van der Waals surface area contributed by atoms with Crippen LogP contribution in [0.1, 0.15) is 31.5 Å². The van der Waals surface area contributed by atoms with E-state index in [2.05, 4.69) is 15.6 Å². The lowest BCUT2D eigenvalue weighted by Crippen LogP contribution is -2.41. The number of pyridine rings is 1. The molecule has 2 atom stereocenters. The van der Waals surface area contributed by atoms with Gasteiger partial charge in [-0.3, -0.25) is 9.78 Å². The standard InChI is InChI=1S/C12H17N3O/c1-9(10-5-2-3-7-13-10)15-12(16)11-6-4-8-14-11/h2-3,5,7,9,11,14H,4,6,8H2,1H3,(H,15,16)/t9-,11+/m1/s1. The number of nitrogens with zero attached hydrogens (tertiary/aromatic N) is 1. The zero-order valence-electron chi connectivity index (χ0n) is 9.44. The van der Waals surface area contributed by atoms with E-state index in [9.17, 15) is 4.79 Å². The topological polar surface area (TPSA) is 54.0 Å². The average Bonchev–Trinajstić information content (AvgIpc) is 2.83. The van der Waals surface area contributed by atoms with E-state index >= 15 is 0 Å². The van der Waals surface area contributed by atoms with Crippen LogP contribution in [-0.4, -0.2) is 23.5 Å². The highest BCUT2D eigenvalue weighted by Crippen LogP contribution is 2.10. The molecule has 1 fully saturated rings. The Bertz CT molecular complexity index is 347. The first kappa shape index (κ1) is 11.1. The third kappa shape index (κ3) is 2.58. The summed E-state index contributed by atoms with van der Waals surface area (Å²) in [6, 6.07) is 5.67. The van der Waals surface area contributed by atoms with Gasteiger partial charge in [-0.25, -0.2) is 0 Å². The summed E-state index contributed by atoms with van der Waals surface area (Å²) in [6.45, 7) is 2.89. The second-order valence-electron chi connectivity index (χ2n) is 4.13. The summed E-state index contributed by atoms with van der Waals surface area (Å²) in [7, 11) is 0. The maximum absolute atomic E-state index is 11.8. The number of nitrogens with one attached hydrogen (secondary N) is 2. The van der Waals surface area contributed by atoms with Gasteiger partial charge in [0.05, 0.1) is 17.8 Å². The molecule has 2 rings (SSSR count). The van der Waals surface area contributed by atoms with Gasteiger partial charge in [0.1, 0.15) is 0 Å². The Kier molecular flexibility index (Phi) is 3.51. The third-order valence-corrected chi connectivity index (χ3v) is 2.87. The number of aromatic nitrogens is 1. The number of carbonyl (C=O) groups excluding carboxylic acids is 1. The molecule has 0 aliphatic carbocycles. The Morgan fingerprint density at radius 1 is 1.62 bits per heavy atom. The molecule has 0 bridgehead atoms. The Labute approximate surface area is 95.5 Å². The van der Waals surface area contributed by atoms with Crippen molar-refractivity contribution in [1.29, 1.82) is 0 Å². The SMILES string of the molecule is C[C@@H](NC(=O)[C@@H]1CCCN1)c1ccccn1. The van der Waals surface area contributed by atoms with Gasteiger partial charge in [0, 0.05) is 6.20 Å². The molecule has 16 heavy (non-hydrogen) atoms. The Morgan fingerprint density at radius 2 is 2.50 bits per heavy atom. The quantitative estimate of drug-likeness (QED) is 0.797. The molecule has 1 aliphatic rings. The molecule has 1 saturated heterocycles. The first-order valence-corrected chi connectivity index (χ1v) is 5.72. The predicted molar refractivity (Wildman–Crippen MR) is 61.8 cm³/mol. The largest absolute Gasteiger partial charge is 0.347 e. The van der Waals surface area contributed by atoms with Gasteiger partial charge in [-0.05, 0) is 38.4 Å². The number of hydrogen-bond acceptors (Lipinski definition) is 3. The molecule has 0 unspecified atom stereocenters. The highest BCUT2D eigenvalue weighted by Gasteiger charge is 2.23. The first-order chi connectivity index (χ1) is 7.77. The van der Waals surface area contributed by atoms with Crippen LogP contribution in [0.15, 0.2) is 24.4 Å². The van der Waals surface area contributed by atoms with Gasteiger partial charge in [0.2, 0.25) is 5.91 Å². The Hall–Kier alpha value is -1.42. The summed E-state index contributed by atoms with van der Waals surface area (Å²) in [4.78, 5) is 16.1. The first-order valence-electron chi connectivity index (χ1n) is 5.72.